The van der Waals surface area contributed by atoms with E-state index in [1.807, 2.05) is 12.1 Å². The summed E-state index contributed by atoms with van der Waals surface area (Å²) in [5.74, 6) is 0.125. The molecule has 0 atom stereocenters. The summed E-state index contributed by atoms with van der Waals surface area (Å²) in [4.78, 5) is 30.6. The third kappa shape index (κ3) is 5.95. The van der Waals surface area contributed by atoms with Crippen molar-refractivity contribution < 1.29 is 4.39 Å². The zero-order chi connectivity index (χ0) is 28.1. The fraction of sp³-hybridized carbons (Fsp3) is 0.0370. The highest BCUT2D eigenvalue weighted by molar-refractivity contribution is 6.30. The van der Waals surface area contributed by atoms with Gasteiger partial charge in [-0.15, -0.1) is 0 Å². The smallest absolute Gasteiger partial charge is 0.273 e. The first-order chi connectivity index (χ1) is 19.4. The summed E-state index contributed by atoms with van der Waals surface area (Å²) in [7, 11) is 1.48. The van der Waals surface area contributed by atoms with Crippen LogP contribution in [0.25, 0.3) is 11.3 Å². The molecular formula is C27H20ClFN10O. The maximum Gasteiger partial charge on any atom is 0.273 e. The molecule has 0 bridgehead atoms. The number of nitrogens with zero attached hydrogens (tertiary/aromatic N) is 6. The van der Waals surface area contributed by atoms with E-state index in [1.165, 1.54) is 23.7 Å². The van der Waals surface area contributed by atoms with Crippen molar-refractivity contribution in [2.75, 3.05) is 21.5 Å². The van der Waals surface area contributed by atoms with Crippen LogP contribution in [-0.4, -0.2) is 24.5 Å². The second-order valence-corrected chi connectivity index (χ2v) is 8.76. The second kappa shape index (κ2) is 11.5. The third-order valence-electron chi connectivity index (χ3n) is 5.57. The van der Waals surface area contributed by atoms with Crippen LogP contribution in [0.3, 0.4) is 0 Å². The molecule has 0 aliphatic rings. The van der Waals surface area contributed by atoms with Gasteiger partial charge in [0.25, 0.3) is 5.56 Å². The summed E-state index contributed by atoms with van der Waals surface area (Å²) in [5, 5.41) is 16.3. The zero-order valence-electron chi connectivity index (χ0n) is 20.9. The molecule has 0 fully saturated rings. The molecule has 13 heteroatoms. The van der Waals surface area contributed by atoms with E-state index in [4.69, 9.17) is 11.6 Å². The number of hydrogen-bond donors (Lipinski definition) is 4. The maximum absolute atomic E-state index is 13.4. The first kappa shape index (κ1) is 26.1. The average Bonchev–Trinajstić information content (AvgIpc) is 2.96. The van der Waals surface area contributed by atoms with Crippen molar-refractivity contribution in [1.29, 1.82) is 5.26 Å². The van der Waals surface area contributed by atoms with Crippen LogP contribution < -0.4 is 27.0 Å². The minimum Gasteiger partial charge on any atom is -0.324 e. The molecule has 2 heterocycles. The van der Waals surface area contributed by atoms with Crippen LogP contribution in [0.2, 0.25) is 5.02 Å². The van der Waals surface area contributed by atoms with Gasteiger partial charge in [-0.1, -0.05) is 41.9 Å². The normalized spacial score (nSPS) is 10.4. The predicted molar refractivity (Wildman–Crippen MR) is 151 cm³/mol. The molecule has 0 saturated carbocycles. The highest BCUT2D eigenvalue weighted by Crippen LogP contribution is 2.22. The lowest BCUT2D eigenvalue weighted by atomic mass is 10.1. The van der Waals surface area contributed by atoms with E-state index in [1.54, 1.807) is 60.7 Å². The average molecular weight is 555 g/mol. The van der Waals surface area contributed by atoms with Gasteiger partial charge in [-0.3, -0.25) is 20.2 Å². The summed E-state index contributed by atoms with van der Waals surface area (Å²) in [5.41, 5.74) is 7.14. The van der Waals surface area contributed by atoms with Crippen LogP contribution in [0.5, 0.6) is 0 Å². The fourth-order valence-corrected chi connectivity index (χ4v) is 3.73. The van der Waals surface area contributed by atoms with Crippen LogP contribution in [-0.2, 0) is 7.05 Å². The van der Waals surface area contributed by atoms with Crippen molar-refractivity contribution in [3.63, 3.8) is 0 Å². The molecule has 0 aliphatic carbocycles. The first-order valence-electron chi connectivity index (χ1n) is 11.8. The van der Waals surface area contributed by atoms with E-state index in [9.17, 15) is 14.4 Å². The maximum atomic E-state index is 13.4. The molecule has 0 unspecified atom stereocenters. The van der Waals surface area contributed by atoms with Gasteiger partial charge in [0.05, 0.1) is 5.69 Å². The van der Waals surface area contributed by atoms with Crippen molar-refractivity contribution in [3.05, 3.63) is 106 Å². The quantitative estimate of drug-likeness (QED) is 0.188. The lowest BCUT2D eigenvalue weighted by Gasteiger charge is -2.15. The van der Waals surface area contributed by atoms with E-state index < -0.39 is 5.56 Å². The Labute approximate surface area is 232 Å². The van der Waals surface area contributed by atoms with E-state index in [0.717, 1.165) is 0 Å². The minimum atomic E-state index is -0.528. The van der Waals surface area contributed by atoms with Crippen molar-refractivity contribution >= 4 is 46.8 Å². The van der Waals surface area contributed by atoms with Gasteiger partial charge < -0.3 is 10.6 Å². The Kier molecular flexibility index (Phi) is 7.47. The van der Waals surface area contributed by atoms with Crippen LogP contribution in [0, 0.1) is 17.1 Å². The summed E-state index contributed by atoms with van der Waals surface area (Å²) in [6.45, 7) is 0. The molecule has 5 rings (SSSR count). The first-order valence-corrected chi connectivity index (χ1v) is 12.2. The number of aromatic nitrogens is 5. The molecule has 0 amide bonds. The number of hydrogen-bond acceptors (Lipinski definition) is 10. The van der Waals surface area contributed by atoms with E-state index in [0.29, 0.717) is 22.0 Å². The van der Waals surface area contributed by atoms with Crippen LogP contribution in [0.4, 0.5) is 39.6 Å². The zero-order valence-corrected chi connectivity index (χ0v) is 21.6. The Morgan fingerprint density at radius 1 is 0.800 bits per heavy atom. The Morgan fingerprint density at radius 2 is 1.38 bits per heavy atom. The predicted octanol–water partition coefficient (Wildman–Crippen LogP) is 5.22. The third-order valence-corrected chi connectivity index (χ3v) is 5.82. The monoisotopic (exact) mass is 554 g/mol. The Morgan fingerprint density at radius 3 is 1.98 bits per heavy atom. The van der Waals surface area contributed by atoms with Crippen molar-refractivity contribution in [2.24, 2.45) is 7.05 Å². The standard InChI is InChI=1S/C27H20ClFN10O/c1-39-23(40)21(15-30)22(16-5-3-2-4-6-16)33-27(39)38-37-26-35-24(31-19-11-7-17(28)8-12-19)34-25(36-26)32-20-13-9-18(29)10-14-20/h2-14H,1H3,(H,33,38)(H3,31,32,34,35,36,37). The molecule has 0 saturated heterocycles. The Bertz CT molecular complexity index is 1690. The summed E-state index contributed by atoms with van der Waals surface area (Å²) in [6, 6.07) is 23.5. The molecule has 0 aliphatic heterocycles. The van der Waals surface area contributed by atoms with Gasteiger partial charge in [0, 0.05) is 29.0 Å². The molecular weight excluding hydrogens is 535 g/mol. The Balaban J connectivity index is 1.47. The van der Waals surface area contributed by atoms with Crippen molar-refractivity contribution in [2.45, 2.75) is 0 Å². The molecule has 0 spiro atoms. The van der Waals surface area contributed by atoms with Gasteiger partial charge >= 0.3 is 0 Å². The summed E-state index contributed by atoms with van der Waals surface area (Å²) < 4.78 is 14.6. The highest BCUT2D eigenvalue weighted by atomic mass is 35.5. The summed E-state index contributed by atoms with van der Waals surface area (Å²) in [6.07, 6.45) is 0. The number of hydrazine groups is 1. The van der Waals surface area contributed by atoms with Crippen LogP contribution in [0.1, 0.15) is 5.56 Å². The van der Waals surface area contributed by atoms with E-state index >= 15 is 0 Å². The molecule has 11 nitrogen and oxygen atoms in total. The number of nitrogens with one attached hydrogen (secondary N) is 4. The molecule has 2 aromatic heterocycles. The molecule has 40 heavy (non-hydrogen) atoms. The lowest BCUT2D eigenvalue weighted by Crippen LogP contribution is -2.27. The van der Waals surface area contributed by atoms with Crippen LogP contribution >= 0.6 is 11.6 Å². The number of halogens is 2. The number of nitriles is 1. The lowest BCUT2D eigenvalue weighted by molar-refractivity contribution is 0.628. The second-order valence-electron chi connectivity index (χ2n) is 8.32. The summed E-state index contributed by atoms with van der Waals surface area (Å²) >= 11 is 5.99. The van der Waals surface area contributed by atoms with E-state index in [2.05, 4.69) is 41.4 Å². The Hall–Kier alpha value is -5.54. The highest BCUT2D eigenvalue weighted by Gasteiger charge is 2.17. The SMILES string of the molecule is Cn1c(NNc2nc(Nc3ccc(F)cc3)nc(Nc3ccc(Cl)cc3)n2)nc(-c2ccccc2)c(C#N)c1=O. The van der Waals surface area contributed by atoms with Gasteiger partial charge in [-0.25, -0.2) is 9.37 Å². The van der Waals surface area contributed by atoms with Gasteiger partial charge in [-0.05, 0) is 48.5 Å². The van der Waals surface area contributed by atoms with Crippen molar-refractivity contribution in [3.8, 4) is 17.3 Å². The minimum absolute atomic E-state index is 0.0657. The van der Waals surface area contributed by atoms with Gasteiger partial charge in [-0.2, -0.15) is 20.2 Å². The number of benzene rings is 3. The largest absolute Gasteiger partial charge is 0.324 e. The molecule has 0 radical (unpaired) electrons. The topological polar surface area (TPSA) is 145 Å². The molecule has 5 aromatic rings. The van der Waals surface area contributed by atoms with Crippen LogP contribution in [0.15, 0.2) is 83.7 Å². The van der Waals surface area contributed by atoms with Crippen molar-refractivity contribution in [1.82, 2.24) is 24.5 Å². The number of anilines is 6. The van der Waals surface area contributed by atoms with Gasteiger partial charge in [0.1, 0.15) is 17.4 Å². The molecule has 3 aromatic carbocycles. The van der Waals surface area contributed by atoms with Gasteiger partial charge in [0.2, 0.25) is 23.8 Å². The molecule has 4 N–H and O–H groups in total. The fourth-order valence-electron chi connectivity index (χ4n) is 3.60. The van der Waals surface area contributed by atoms with E-state index in [-0.39, 0.29) is 40.9 Å². The number of rotatable bonds is 8. The van der Waals surface area contributed by atoms with Gasteiger partial charge in [0.15, 0.2) is 0 Å². The molecule has 198 valence electrons.